The number of thiazole rings is 1. The van der Waals surface area contributed by atoms with Crippen LogP contribution in [-0.4, -0.2) is 35.2 Å². The minimum atomic E-state index is -1.09. The summed E-state index contributed by atoms with van der Waals surface area (Å²) in [5, 5.41) is 14.4. The molecule has 1 heterocycles. The SMILES string of the molecule is CCC(CC)OCc1cccc(-c2csc(NC(=O)c3cc(Cl)c(/C=C(\C)C(=O)O)c(Cl)c3)n2)c1OC. The number of nitrogens with one attached hydrogen (secondary N) is 1. The van der Waals surface area contributed by atoms with Crippen LogP contribution in [0, 0.1) is 0 Å². The number of benzene rings is 2. The monoisotopic (exact) mass is 562 g/mol. The highest BCUT2D eigenvalue weighted by Gasteiger charge is 2.18. The maximum absolute atomic E-state index is 12.9. The molecule has 0 saturated carbocycles. The van der Waals surface area contributed by atoms with E-state index in [2.05, 4.69) is 24.1 Å². The Morgan fingerprint density at radius 3 is 2.46 bits per heavy atom. The highest BCUT2D eigenvalue weighted by atomic mass is 35.5. The number of carboxylic acid groups (broad SMARTS) is 1. The van der Waals surface area contributed by atoms with Gasteiger partial charge in [0.15, 0.2) is 5.13 Å². The number of nitrogens with zero attached hydrogens (tertiary/aromatic N) is 1. The highest BCUT2D eigenvalue weighted by molar-refractivity contribution is 7.14. The topological polar surface area (TPSA) is 97.8 Å². The van der Waals surface area contributed by atoms with Gasteiger partial charge in [-0.3, -0.25) is 10.1 Å². The molecule has 0 atom stereocenters. The number of amides is 1. The summed E-state index contributed by atoms with van der Waals surface area (Å²) in [6, 6.07) is 8.66. The first-order valence-corrected chi connectivity index (χ1v) is 13.3. The lowest BCUT2D eigenvalue weighted by molar-refractivity contribution is -0.132. The Morgan fingerprint density at radius 1 is 1.19 bits per heavy atom. The fourth-order valence-electron chi connectivity index (χ4n) is 3.63. The lowest BCUT2D eigenvalue weighted by Crippen LogP contribution is -2.12. The molecule has 10 heteroatoms. The van der Waals surface area contributed by atoms with E-state index in [0.29, 0.717) is 28.7 Å². The molecule has 0 aliphatic rings. The van der Waals surface area contributed by atoms with Crippen LogP contribution in [0.15, 0.2) is 41.3 Å². The molecule has 2 N–H and O–H groups in total. The smallest absolute Gasteiger partial charge is 0.331 e. The van der Waals surface area contributed by atoms with Crippen LogP contribution in [0.25, 0.3) is 17.3 Å². The van der Waals surface area contributed by atoms with Crippen molar-refractivity contribution in [3.8, 4) is 17.0 Å². The van der Waals surface area contributed by atoms with Crippen LogP contribution in [0.2, 0.25) is 10.0 Å². The van der Waals surface area contributed by atoms with Crippen molar-refractivity contribution in [3.05, 3.63) is 68.0 Å². The van der Waals surface area contributed by atoms with Gasteiger partial charge in [-0.15, -0.1) is 11.3 Å². The summed E-state index contributed by atoms with van der Waals surface area (Å²) < 4.78 is 11.7. The number of anilines is 1. The summed E-state index contributed by atoms with van der Waals surface area (Å²) in [6.45, 7) is 6.05. The number of carbonyl (C=O) groups is 2. The van der Waals surface area contributed by atoms with Gasteiger partial charge in [-0.05, 0) is 44.0 Å². The van der Waals surface area contributed by atoms with Gasteiger partial charge < -0.3 is 14.6 Å². The second kappa shape index (κ2) is 13.1. The third-order valence-electron chi connectivity index (χ3n) is 5.73. The number of hydrogen-bond donors (Lipinski definition) is 2. The minimum Gasteiger partial charge on any atom is -0.496 e. The molecule has 1 aromatic heterocycles. The summed E-state index contributed by atoms with van der Waals surface area (Å²) >= 11 is 13.8. The lowest BCUT2D eigenvalue weighted by atomic mass is 10.1. The van der Waals surface area contributed by atoms with Crippen LogP contribution in [0.3, 0.4) is 0 Å². The third-order valence-corrected chi connectivity index (χ3v) is 7.11. The predicted octanol–water partition coefficient (Wildman–Crippen LogP) is 7.57. The molecule has 0 unspecified atom stereocenters. The van der Waals surface area contributed by atoms with E-state index in [9.17, 15) is 9.59 Å². The number of aliphatic carboxylic acids is 1. The normalized spacial score (nSPS) is 11.6. The van der Waals surface area contributed by atoms with E-state index in [0.717, 1.165) is 24.0 Å². The molecule has 0 saturated heterocycles. The first kappa shape index (κ1) is 28.7. The molecule has 0 fully saturated rings. The molecular weight excluding hydrogens is 535 g/mol. The second-order valence-electron chi connectivity index (χ2n) is 8.23. The van der Waals surface area contributed by atoms with Gasteiger partial charge in [-0.2, -0.15) is 0 Å². The van der Waals surface area contributed by atoms with Gasteiger partial charge in [-0.25, -0.2) is 9.78 Å². The number of ether oxygens (including phenoxy) is 2. The minimum absolute atomic E-state index is 0.0675. The fourth-order valence-corrected chi connectivity index (χ4v) is 4.93. The zero-order valence-electron chi connectivity index (χ0n) is 20.9. The number of methoxy groups -OCH3 is 1. The van der Waals surface area contributed by atoms with Gasteiger partial charge in [0.25, 0.3) is 5.91 Å². The maximum Gasteiger partial charge on any atom is 0.331 e. The number of aromatic nitrogens is 1. The molecule has 3 rings (SSSR count). The first-order valence-electron chi connectivity index (χ1n) is 11.6. The van der Waals surface area contributed by atoms with Crippen molar-refractivity contribution in [2.24, 2.45) is 0 Å². The highest BCUT2D eigenvalue weighted by Crippen LogP contribution is 2.36. The lowest BCUT2D eigenvalue weighted by Gasteiger charge is -2.17. The van der Waals surface area contributed by atoms with Crippen LogP contribution in [-0.2, 0) is 16.1 Å². The van der Waals surface area contributed by atoms with Crippen LogP contribution in [0.4, 0.5) is 5.13 Å². The second-order valence-corrected chi connectivity index (χ2v) is 9.90. The average molecular weight is 564 g/mol. The Bertz CT molecular complexity index is 1290. The van der Waals surface area contributed by atoms with Crippen molar-refractivity contribution in [2.75, 3.05) is 12.4 Å². The van der Waals surface area contributed by atoms with E-state index in [1.807, 2.05) is 23.6 Å². The molecule has 2 aromatic carbocycles. The Hall–Kier alpha value is -2.91. The Labute approximate surface area is 230 Å². The van der Waals surface area contributed by atoms with Crippen molar-refractivity contribution < 1.29 is 24.2 Å². The predicted molar refractivity (Wildman–Crippen MR) is 149 cm³/mol. The van der Waals surface area contributed by atoms with Crippen molar-refractivity contribution in [3.63, 3.8) is 0 Å². The molecule has 196 valence electrons. The maximum atomic E-state index is 12.9. The van der Waals surface area contributed by atoms with Crippen LogP contribution < -0.4 is 10.1 Å². The number of para-hydroxylation sites is 1. The largest absolute Gasteiger partial charge is 0.496 e. The number of carbonyl (C=O) groups excluding carboxylic acids is 1. The summed E-state index contributed by atoms with van der Waals surface area (Å²) in [4.78, 5) is 28.6. The average Bonchev–Trinajstić information content (AvgIpc) is 3.34. The van der Waals surface area contributed by atoms with Crippen molar-refractivity contribution in [2.45, 2.75) is 46.3 Å². The number of hydrogen-bond acceptors (Lipinski definition) is 6. The van der Waals surface area contributed by atoms with Gasteiger partial charge >= 0.3 is 5.97 Å². The van der Waals surface area contributed by atoms with Crippen LogP contribution >= 0.6 is 34.5 Å². The molecule has 0 spiro atoms. The first-order chi connectivity index (χ1) is 17.7. The van der Waals surface area contributed by atoms with Gasteiger partial charge in [0, 0.05) is 33.2 Å². The Morgan fingerprint density at radius 2 is 1.86 bits per heavy atom. The summed E-state index contributed by atoms with van der Waals surface area (Å²) in [7, 11) is 1.61. The molecule has 3 aromatic rings. The summed E-state index contributed by atoms with van der Waals surface area (Å²) in [5.74, 6) is -0.862. The third kappa shape index (κ3) is 7.11. The molecule has 7 nitrogen and oxygen atoms in total. The van der Waals surface area contributed by atoms with Gasteiger partial charge in [-0.1, -0.05) is 49.2 Å². The number of rotatable bonds is 11. The fraction of sp³-hybridized carbons (Fsp3) is 0.296. The quantitative estimate of drug-likeness (QED) is 0.234. The molecule has 1 amide bonds. The summed E-state index contributed by atoms with van der Waals surface area (Å²) in [6.07, 6.45) is 3.42. The number of carboxylic acids is 1. The van der Waals surface area contributed by atoms with E-state index >= 15 is 0 Å². The van der Waals surface area contributed by atoms with E-state index in [1.54, 1.807) is 7.11 Å². The van der Waals surface area contributed by atoms with E-state index < -0.39 is 11.9 Å². The standard InChI is InChI=1S/C27H28Cl2N2O5S/c1-5-18(6-2)36-13-16-8-7-9-19(24(16)35-4)23-14-37-27(30-23)31-25(32)17-11-21(28)20(22(29)12-17)10-15(3)26(33)34/h7-12,14,18H,5-6,13H2,1-4H3,(H,33,34)(H,30,31,32)/b15-10+. The van der Waals surface area contributed by atoms with E-state index in [4.69, 9.17) is 37.8 Å². The van der Waals surface area contributed by atoms with Gasteiger partial charge in [0.2, 0.25) is 0 Å². The van der Waals surface area contributed by atoms with E-state index in [-0.39, 0.29) is 27.3 Å². The number of halogens is 2. The molecule has 0 aliphatic carbocycles. The Kier molecular flexibility index (Phi) is 10.1. The molecule has 0 bridgehead atoms. The molecule has 0 radical (unpaired) electrons. The summed E-state index contributed by atoms with van der Waals surface area (Å²) in [5.41, 5.74) is 2.98. The molecular formula is C27H28Cl2N2O5S. The Balaban J connectivity index is 1.81. The van der Waals surface area contributed by atoms with Crippen molar-refractivity contribution >= 4 is 57.6 Å². The van der Waals surface area contributed by atoms with Crippen LogP contribution in [0.5, 0.6) is 5.75 Å². The zero-order chi connectivity index (χ0) is 27.1. The van der Waals surface area contributed by atoms with Crippen molar-refractivity contribution in [1.29, 1.82) is 0 Å². The van der Waals surface area contributed by atoms with Crippen LogP contribution in [0.1, 0.15) is 55.1 Å². The zero-order valence-corrected chi connectivity index (χ0v) is 23.3. The molecule has 37 heavy (non-hydrogen) atoms. The van der Waals surface area contributed by atoms with Gasteiger partial charge in [0.1, 0.15) is 5.75 Å². The van der Waals surface area contributed by atoms with Gasteiger partial charge in [0.05, 0.1) is 35.6 Å². The van der Waals surface area contributed by atoms with E-state index in [1.165, 1.54) is 36.5 Å². The van der Waals surface area contributed by atoms with Crippen molar-refractivity contribution in [1.82, 2.24) is 4.98 Å². The molecule has 0 aliphatic heterocycles.